The maximum absolute atomic E-state index is 13.9. The van der Waals surface area contributed by atoms with E-state index < -0.39 is 11.7 Å². The summed E-state index contributed by atoms with van der Waals surface area (Å²) in [5.41, 5.74) is 0.670. The third-order valence-electron chi connectivity index (χ3n) is 4.47. The second kappa shape index (κ2) is 5.59. The molecule has 2 rings (SSSR count). The van der Waals surface area contributed by atoms with Gasteiger partial charge >= 0.3 is 0 Å². The van der Waals surface area contributed by atoms with E-state index in [0.717, 1.165) is 31.2 Å². The Morgan fingerprint density at radius 3 is 2.58 bits per heavy atom. The molecule has 1 atom stereocenters. The number of halogens is 1. The predicted molar refractivity (Wildman–Crippen MR) is 73.5 cm³/mol. The number of ether oxygens (including phenoxy) is 1. The van der Waals surface area contributed by atoms with Crippen LogP contribution in [0.5, 0.6) is 0 Å². The van der Waals surface area contributed by atoms with Crippen LogP contribution in [0.15, 0.2) is 18.2 Å². The lowest BCUT2D eigenvalue weighted by Gasteiger charge is -2.42. The van der Waals surface area contributed by atoms with Crippen molar-refractivity contribution >= 4 is 0 Å². The Balaban J connectivity index is 2.30. The molecule has 1 aromatic rings. The van der Waals surface area contributed by atoms with Crippen LogP contribution in [0.1, 0.15) is 49.8 Å². The van der Waals surface area contributed by atoms with Gasteiger partial charge in [-0.15, -0.1) is 0 Å². The Bertz CT molecular complexity index is 436. The minimum atomic E-state index is -0.898. The molecule has 0 amide bonds. The summed E-state index contributed by atoms with van der Waals surface area (Å²) in [5, 5.41) is 10.6. The second-order valence-electron chi connectivity index (χ2n) is 5.88. The highest BCUT2D eigenvalue weighted by atomic mass is 19.1. The normalized spacial score (nSPS) is 29.2. The van der Waals surface area contributed by atoms with Gasteiger partial charge in [-0.2, -0.15) is 0 Å². The van der Waals surface area contributed by atoms with Crippen molar-refractivity contribution in [3.05, 3.63) is 35.1 Å². The first-order valence-corrected chi connectivity index (χ1v) is 6.98. The van der Waals surface area contributed by atoms with Crippen LogP contribution in [0.25, 0.3) is 0 Å². The molecule has 0 aliphatic heterocycles. The molecule has 1 fully saturated rings. The van der Waals surface area contributed by atoms with E-state index in [9.17, 15) is 9.50 Å². The van der Waals surface area contributed by atoms with E-state index in [1.807, 2.05) is 6.92 Å². The Labute approximate surface area is 114 Å². The van der Waals surface area contributed by atoms with Crippen molar-refractivity contribution in [3.63, 3.8) is 0 Å². The molecule has 0 saturated heterocycles. The van der Waals surface area contributed by atoms with Crippen LogP contribution in [0.2, 0.25) is 0 Å². The smallest absolute Gasteiger partial charge is 0.129 e. The zero-order valence-corrected chi connectivity index (χ0v) is 11.9. The summed E-state index contributed by atoms with van der Waals surface area (Å²) in [4.78, 5) is 0. The molecule has 1 saturated carbocycles. The maximum Gasteiger partial charge on any atom is 0.129 e. The van der Waals surface area contributed by atoms with Crippen LogP contribution in [-0.4, -0.2) is 17.8 Å². The molecule has 1 aromatic carbocycles. The lowest BCUT2D eigenvalue weighted by Crippen LogP contribution is -2.42. The van der Waals surface area contributed by atoms with Crippen LogP contribution < -0.4 is 0 Å². The summed E-state index contributed by atoms with van der Waals surface area (Å²) in [6.45, 7) is 4.11. The van der Waals surface area contributed by atoms with E-state index >= 15 is 0 Å². The van der Waals surface area contributed by atoms with Crippen molar-refractivity contribution in [1.82, 2.24) is 0 Å². The fourth-order valence-corrected chi connectivity index (χ4v) is 3.00. The van der Waals surface area contributed by atoms with Gasteiger partial charge in [0.25, 0.3) is 0 Å². The molecule has 1 aliphatic rings. The molecule has 106 valence electrons. The van der Waals surface area contributed by atoms with Crippen LogP contribution in [0, 0.1) is 18.7 Å². The van der Waals surface area contributed by atoms with E-state index in [4.69, 9.17) is 4.74 Å². The van der Waals surface area contributed by atoms with Crippen LogP contribution in [-0.2, 0) is 4.74 Å². The number of rotatable bonds is 3. The van der Waals surface area contributed by atoms with Crippen molar-refractivity contribution in [2.75, 3.05) is 7.11 Å². The van der Waals surface area contributed by atoms with Gasteiger partial charge in [-0.25, -0.2) is 4.39 Å². The molecule has 19 heavy (non-hydrogen) atoms. The van der Waals surface area contributed by atoms with Crippen molar-refractivity contribution in [2.45, 2.75) is 51.2 Å². The first kappa shape index (κ1) is 14.5. The highest BCUT2D eigenvalue weighted by Crippen LogP contribution is 2.43. The predicted octanol–water partition coefficient (Wildman–Crippen LogP) is 3.76. The minimum absolute atomic E-state index is 0.354. The van der Waals surface area contributed by atoms with Crippen molar-refractivity contribution in [3.8, 4) is 0 Å². The summed E-state index contributed by atoms with van der Waals surface area (Å²) in [5.74, 6) is 0.297. The largest absolute Gasteiger partial charge is 0.385 e. The molecule has 0 aromatic heterocycles. The molecule has 0 spiro atoms. The van der Waals surface area contributed by atoms with E-state index in [2.05, 4.69) is 6.92 Å². The average molecular weight is 266 g/mol. The number of benzene rings is 1. The molecular formula is C16H23FO2. The van der Waals surface area contributed by atoms with Crippen LogP contribution >= 0.6 is 0 Å². The molecule has 0 heterocycles. The molecule has 1 N–H and O–H groups in total. The number of aryl methyl sites for hydroxylation is 1. The summed E-state index contributed by atoms with van der Waals surface area (Å²) in [7, 11) is 1.62. The van der Waals surface area contributed by atoms with Gasteiger partial charge in [-0.3, -0.25) is 0 Å². The van der Waals surface area contributed by atoms with Crippen LogP contribution in [0.4, 0.5) is 4.39 Å². The Morgan fingerprint density at radius 2 is 2.00 bits per heavy atom. The quantitative estimate of drug-likeness (QED) is 0.902. The molecule has 1 unspecified atom stereocenters. The third kappa shape index (κ3) is 2.82. The molecule has 2 nitrogen and oxygen atoms in total. The van der Waals surface area contributed by atoms with Gasteiger partial charge in [0, 0.05) is 12.7 Å². The highest BCUT2D eigenvalue weighted by molar-refractivity contribution is 5.28. The van der Waals surface area contributed by atoms with Gasteiger partial charge in [0.2, 0.25) is 0 Å². The fraction of sp³-hybridized carbons (Fsp3) is 0.625. The zero-order chi connectivity index (χ0) is 14.0. The first-order chi connectivity index (χ1) is 8.98. The highest BCUT2D eigenvalue weighted by Gasteiger charge is 2.42. The number of aliphatic hydroxyl groups excluding tert-OH is 1. The third-order valence-corrected chi connectivity index (χ3v) is 4.47. The first-order valence-electron chi connectivity index (χ1n) is 6.98. The number of hydrogen-bond donors (Lipinski definition) is 1. The van der Waals surface area contributed by atoms with Gasteiger partial charge < -0.3 is 9.84 Å². The maximum atomic E-state index is 13.9. The number of methoxy groups -OCH3 is 1. The Hall–Kier alpha value is -0.930. The minimum Gasteiger partial charge on any atom is -0.385 e. The zero-order valence-electron chi connectivity index (χ0n) is 11.9. The molecular weight excluding hydrogens is 243 g/mol. The summed E-state index contributed by atoms with van der Waals surface area (Å²) < 4.78 is 19.6. The second-order valence-corrected chi connectivity index (χ2v) is 5.88. The lowest BCUT2D eigenvalue weighted by atomic mass is 9.74. The van der Waals surface area contributed by atoms with Crippen molar-refractivity contribution < 1.29 is 14.2 Å². The molecule has 0 bridgehead atoms. The van der Waals surface area contributed by atoms with Gasteiger partial charge in [0.1, 0.15) is 11.9 Å². The van der Waals surface area contributed by atoms with Crippen LogP contribution in [0.3, 0.4) is 0 Å². The van der Waals surface area contributed by atoms with Gasteiger partial charge in [0.05, 0.1) is 5.60 Å². The molecule has 3 heteroatoms. The molecule has 0 radical (unpaired) electrons. The summed E-state index contributed by atoms with van der Waals surface area (Å²) >= 11 is 0. The van der Waals surface area contributed by atoms with E-state index in [0.29, 0.717) is 11.5 Å². The van der Waals surface area contributed by atoms with Crippen molar-refractivity contribution in [2.24, 2.45) is 5.92 Å². The topological polar surface area (TPSA) is 29.5 Å². The van der Waals surface area contributed by atoms with Crippen molar-refractivity contribution in [1.29, 1.82) is 0 Å². The summed E-state index contributed by atoms with van der Waals surface area (Å²) in [6, 6.07) is 4.86. The summed E-state index contributed by atoms with van der Waals surface area (Å²) in [6.07, 6.45) is 2.68. The number of aliphatic hydroxyl groups is 1. The van der Waals surface area contributed by atoms with Gasteiger partial charge in [-0.1, -0.05) is 24.6 Å². The van der Waals surface area contributed by atoms with E-state index in [-0.39, 0.29) is 5.82 Å². The SMILES string of the molecule is COC1(C(O)c2cc(C)ccc2F)CCC(C)CC1. The Morgan fingerprint density at radius 1 is 1.37 bits per heavy atom. The average Bonchev–Trinajstić information content (AvgIpc) is 2.42. The van der Waals surface area contributed by atoms with E-state index in [1.165, 1.54) is 6.07 Å². The number of hydrogen-bond acceptors (Lipinski definition) is 2. The molecule has 1 aliphatic carbocycles. The monoisotopic (exact) mass is 266 g/mol. The standard InChI is InChI=1S/C16H23FO2/c1-11-6-8-16(19-3,9-7-11)15(18)13-10-12(2)4-5-14(13)17/h4-5,10-11,15,18H,6-9H2,1-3H3. The Kier molecular flexibility index (Phi) is 4.26. The van der Waals surface area contributed by atoms with Gasteiger partial charge in [-0.05, 0) is 44.6 Å². The van der Waals surface area contributed by atoms with E-state index in [1.54, 1.807) is 19.2 Å². The lowest BCUT2D eigenvalue weighted by molar-refractivity contribution is -0.131. The van der Waals surface area contributed by atoms with Gasteiger partial charge in [0.15, 0.2) is 0 Å². The fourth-order valence-electron chi connectivity index (χ4n) is 3.00.